The fraction of sp³-hybridized carbons (Fsp3) is 0.480. The second-order valence-electron chi connectivity index (χ2n) is 9.24. The molecule has 1 amide bonds. The second kappa shape index (κ2) is 10.4. The number of para-hydroxylation sites is 1. The third-order valence-electron chi connectivity index (χ3n) is 6.66. The van der Waals surface area contributed by atoms with Crippen LogP contribution in [0.1, 0.15) is 38.5 Å². The van der Waals surface area contributed by atoms with Crippen molar-refractivity contribution in [3.63, 3.8) is 0 Å². The maximum atomic E-state index is 14.4. The van der Waals surface area contributed by atoms with E-state index in [-0.39, 0.29) is 32.0 Å². The zero-order chi connectivity index (χ0) is 24.2. The third-order valence-corrected chi connectivity index (χ3v) is 8.54. The summed E-state index contributed by atoms with van der Waals surface area (Å²) >= 11 is 0. The Morgan fingerprint density at radius 1 is 0.971 bits per heavy atom. The second-order valence-corrected chi connectivity index (χ2v) is 11.1. The van der Waals surface area contributed by atoms with E-state index < -0.39 is 32.0 Å². The summed E-state index contributed by atoms with van der Waals surface area (Å²) in [7, 11) is -4.21. The normalized spacial score (nSPS) is 21.9. The van der Waals surface area contributed by atoms with Gasteiger partial charge in [-0.2, -0.15) is 4.31 Å². The van der Waals surface area contributed by atoms with Crippen molar-refractivity contribution in [3.8, 4) is 5.75 Å². The van der Waals surface area contributed by atoms with Crippen molar-refractivity contribution in [1.29, 1.82) is 0 Å². The number of carbonyl (C=O) groups is 1. The number of halogens is 2. The molecule has 2 saturated heterocycles. The molecule has 1 atom stereocenters. The summed E-state index contributed by atoms with van der Waals surface area (Å²) in [5.41, 5.74) is -0.758. The Hall–Kier alpha value is -2.52. The summed E-state index contributed by atoms with van der Waals surface area (Å²) in [4.78, 5) is 14.5. The van der Waals surface area contributed by atoms with Crippen LogP contribution in [0.15, 0.2) is 53.4 Å². The van der Waals surface area contributed by atoms with Gasteiger partial charge in [0.25, 0.3) is 0 Å². The fourth-order valence-electron chi connectivity index (χ4n) is 4.83. The molecule has 0 saturated carbocycles. The van der Waals surface area contributed by atoms with Crippen molar-refractivity contribution in [2.45, 2.75) is 43.4 Å². The number of hydrogen-bond donors (Lipinski definition) is 0. The SMILES string of the molecule is O=C(C[C@@]1(COc2ccccc2)CCCN(S(=O)(=O)c2ccc(F)cc2F)C1)N1CCCCC1. The smallest absolute Gasteiger partial charge is 0.246 e. The van der Waals surface area contributed by atoms with Crippen molar-refractivity contribution >= 4 is 15.9 Å². The van der Waals surface area contributed by atoms with Gasteiger partial charge < -0.3 is 9.64 Å². The molecule has 0 radical (unpaired) electrons. The molecule has 2 aromatic rings. The Balaban J connectivity index is 1.59. The highest BCUT2D eigenvalue weighted by Gasteiger charge is 2.43. The molecular weight excluding hydrogens is 462 g/mol. The van der Waals surface area contributed by atoms with E-state index in [1.165, 1.54) is 4.31 Å². The van der Waals surface area contributed by atoms with Crippen molar-refractivity contribution < 1.29 is 26.7 Å². The van der Waals surface area contributed by atoms with E-state index >= 15 is 0 Å². The average molecular weight is 493 g/mol. The van der Waals surface area contributed by atoms with E-state index in [2.05, 4.69) is 0 Å². The molecule has 0 bridgehead atoms. The topological polar surface area (TPSA) is 66.9 Å². The minimum absolute atomic E-state index is 0.0106. The van der Waals surface area contributed by atoms with Crippen LogP contribution in [0.4, 0.5) is 8.78 Å². The number of amides is 1. The molecule has 9 heteroatoms. The molecule has 0 unspecified atom stereocenters. The highest BCUT2D eigenvalue weighted by atomic mass is 32.2. The Bertz CT molecular complexity index is 1110. The van der Waals surface area contributed by atoms with E-state index in [1.54, 1.807) is 0 Å². The number of nitrogens with zero attached hydrogens (tertiary/aromatic N) is 2. The van der Waals surface area contributed by atoms with Gasteiger partial charge in [-0.15, -0.1) is 0 Å². The van der Waals surface area contributed by atoms with Crippen LogP contribution in [-0.4, -0.2) is 56.3 Å². The average Bonchev–Trinajstić information content (AvgIpc) is 2.84. The van der Waals surface area contributed by atoms with Crippen molar-refractivity contribution in [1.82, 2.24) is 9.21 Å². The van der Waals surface area contributed by atoms with Crippen LogP contribution in [0.3, 0.4) is 0 Å². The van der Waals surface area contributed by atoms with E-state index in [1.807, 2.05) is 35.2 Å². The summed E-state index contributed by atoms with van der Waals surface area (Å²) in [5.74, 6) is -1.34. The van der Waals surface area contributed by atoms with Crippen LogP contribution in [-0.2, 0) is 14.8 Å². The van der Waals surface area contributed by atoms with E-state index in [0.29, 0.717) is 37.7 Å². The molecule has 2 heterocycles. The summed E-state index contributed by atoms with van der Waals surface area (Å²) < 4.78 is 61.6. The molecule has 0 N–H and O–H groups in total. The molecule has 4 rings (SSSR count). The van der Waals surface area contributed by atoms with Gasteiger partial charge in [-0.1, -0.05) is 18.2 Å². The first kappa shape index (κ1) is 24.6. The standard InChI is InChI=1S/C25H30F2N2O4S/c26-20-10-11-23(22(27)16-20)34(31,32)29-15-7-12-25(18-29,19-33-21-8-3-1-4-9-21)17-24(30)28-13-5-2-6-14-28/h1,3-4,8-11,16H,2,5-7,12-15,17-19H2/t25-/m0/s1. The van der Waals surface area contributed by atoms with Crippen LogP contribution in [0.2, 0.25) is 0 Å². The molecule has 184 valence electrons. The first-order chi connectivity index (χ1) is 16.3. The molecular formula is C25H30F2N2O4S. The third kappa shape index (κ3) is 5.58. The van der Waals surface area contributed by atoms with Crippen molar-refractivity contribution in [2.75, 3.05) is 32.8 Å². The zero-order valence-corrected chi connectivity index (χ0v) is 19.9. The van der Waals surface area contributed by atoms with Crippen LogP contribution in [0.5, 0.6) is 5.75 Å². The minimum Gasteiger partial charge on any atom is -0.493 e. The van der Waals surface area contributed by atoms with Gasteiger partial charge in [-0.05, 0) is 56.4 Å². The summed E-state index contributed by atoms with van der Waals surface area (Å²) in [6.07, 6.45) is 4.29. The molecule has 2 aliphatic rings. The number of hydrogen-bond acceptors (Lipinski definition) is 4. The number of ether oxygens (including phenoxy) is 1. The molecule has 2 aliphatic heterocycles. The van der Waals surface area contributed by atoms with Crippen LogP contribution in [0, 0.1) is 17.0 Å². The first-order valence-electron chi connectivity index (χ1n) is 11.7. The zero-order valence-electron chi connectivity index (χ0n) is 19.1. The number of benzene rings is 2. The lowest BCUT2D eigenvalue weighted by molar-refractivity contribution is -0.136. The Morgan fingerprint density at radius 3 is 2.41 bits per heavy atom. The van der Waals surface area contributed by atoms with Crippen LogP contribution in [0.25, 0.3) is 0 Å². The lowest BCUT2D eigenvalue weighted by Gasteiger charge is -2.42. The van der Waals surface area contributed by atoms with E-state index in [9.17, 15) is 22.0 Å². The quantitative estimate of drug-likeness (QED) is 0.581. The summed E-state index contributed by atoms with van der Waals surface area (Å²) in [6.45, 7) is 1.80. The molecule has 0 aliphatic carbocycles. The van der Waals surface area contributed by atoms with Gasteiger partial charge in [0.15, 0.2) is 0 Å². The van der Waals surface area contributed by atoms with E-state index in [0.717, 1.165) is 31.4 Å². The van der Waals surface area contributed by atoms with Gasteiger partial charge in [-0.25, -0.2) is 17.2 Å². The number of likely N-dealkylation sites (tertiary alicyclic amines) is 1. The van der Waals surface area contributed by atoms with Gasteiger partial charge in [0.1, 0.15) is 22.3 Å². The number of piperidine rings is 2. The molecule has 0 spiro atoms. The van der Waals surface area contributed by atoms with Gasteiger partial charge in [-0.3, -0.25) is 4.79 Å². The van der Waals surface area contributed by atoms with Gasteiger partial charge >= 0.3 is 0 Å². The van der Waals surface area contributed by atoms with Crippen LogP contribution >= 0.6 is 0 Å². The fourth-order valence-corrected chi connectivity index (χ4v) is 6.47. The van der Waals surface area contributed by atoms with Crippen molar-refractivity contribution in [2.24, 2.45) is 5.41 Å². The maximum absolute atomic E-state index is 14.4. The van der Waals surface area contributed by atoms with Gasteiger partial charge in [0, 0.05) is 44.1 Å². The lowest BCUT2D eigenvalue weighted by atomic mass is 9.78. The lowest BCUT2D eigenvalue weighted by Crippen LogP contribution is -2.51. The van der Waals surface area contributed by atoms with E-state index in [4.69, 9.17) is 4.74 Å². The van der Waals surface area contributed by atoms with Crippen LogP contribution < -0.4 is 4.74 Å². The maximum Gasteiger partial charge on any atom is 0.246 e. The van der Waals surface area contributed by atoms with Gasteiger partial charge in [0.2, 0.25) is 15.9 Å². The molecule has 34 heavy (non-hydrogen) atoms. The molecule has 0 aromatic heterocycles. The highest BCUT2D eigenvalue weighted by molar-refractivity contribution is 7.89. The van der Waals surface area contributed by atoms with Crippen molar-refractivity contribution in [3.05, 3.63) is 60.2 Å². The highest BCUT2D eigenvalue weighted by Crippen LogP contribution is 2.38. The summed E-state index contributed by atoms with van der Waals surface area (Å²) in [6, 6.07) is 11.6. The monoisotopic (exact) mass is 492 g/mol. The number of sulfonamides is 1. The molecule has 2 fully saturated rings. The minimum atomic E-state index is -4.21. The van der Waals surface area contributed by atoms with Gasteiger partial charge in [0.05, 0.1) is 6.61 Å². The number of rotatable bonds is 7. The Labute approximate surface area is 199 Å². The predicted octanol–water partition coefficient (Wildman–Crippen LogP) is 4.22. The first-order valence-corrected chi connectivity index (χ1v) is 13.1. The Kier molecular flexibility index (Phi) is 7.52. The largest absolute Gasteiger partial charge is 0.493 e. The molecule has 2 aromatic carbocycles. The molecule has 6 nitrogen and oxygen atoms in total. The Morgan fingerprint density at radius 2 is 1.71 bits per heavy atom. The predicted molar refractivity (Wildman–Crippen MR) is 124 cm³/mol. The summed E-state index contributed by atoms with van der Waals surface area (Å²) in [5, 5.41) is 0. The number of carbonyl (C=O) groups excluding carboxylic acids is 1.